The lowest BCUT2D eigenvalue weighted by atomic mass is 10.1. The number of aromatic nitrogens is 1. The van der Waals surface area contributed by atoms with Gasteiger partial charge >= 0.3 is 0 Å². The Morgan fingerprint density at radius 2 is 2.08 bits per heavy atom. The molecule has 0 saturated heterocycles. The first kappa shape index (κ1) is 12.2. The van der Waals surface area contributed by atoms with E-state index >= 15 is 0 Å². The number of hydrogen-bond donors (Lipinski definition) is 1. The number of ether oxygens (including phenoxy) is 1. The average molecular weight is 204 g/mol. The molecule has 0 spiro atoms. The maximum Gasteiger partial charge on any atom is 0.128 e. The van der Waals surface area contributed by atoms with Crippen LogP contribution in [-0.4, -0.2) is 17.2 Å². The Labute approximate surface area is 84.2 Å². The Morgan fingerprint density at radius 1 is 1.46 bits per heavy atom. The maximum absolute atomic E-state index is 8.91. The number of pyridine rings is 1. The lowest BCUT2D eigenvalue weighted by Gasteiger charge is -2.10. The van der Waals surface area contributed by atoms with Crippen molar-refractivity contribution in [2.45, 2.75) is 20.5 Å². The van der Waals surface area contributed by atoms with Gasteiger partial charge in [0.25, 0.3) is 0 Å². The second-order valence-corrected chi connectivity index (χ2v) is 2.70. The molecule has 0 atom stereocenters. The summed E-state index contributed by atoms with van der Waals surface area (Å²) >= 11 is 0. The van der Waals surface area contributed by atoms with E-state index in [2.05, 4.69) is 4.98 Å². The fraction of sp³-hybridized carbons (Fsp3) is 0.444. The number of methoxy groups -OCH3 is 1. The molecule has 13 heavy (non-hydrogen) atoms. The minimum atomic E-state index is -0.0392. The van der Waals surface area contributed by atoms with Crippen LogP contribution in [0.1, 0.15) is 16.8 Å². The highest BCUT2D eigenvalue weighted by Gasteiger charge is 2.07. The van der Waals surface area contributed by atoms with E-state index in [9.17, 15) is 0 Å². The highest BCUT2D eigenvalue weighted by atomic mass is 35.5. The van der Waals surface area contributed by atoms with Gasteiger partial charge in [0.2, 0.25) is 0 Å². The van der Waals surface area contributed by atoms with Crippen LogP contribution in [0.15, 0.2) is 6.20 Å². The van der Waals surface area contributed by atoms with Gasteiger partial charge in [-0.1, -0.05) is 0 Å². The molecule has 1 aromatic rings. The van der Waals surface area contributed by atoms with Gasteiger partial charge in [0.15, 0.2) is 0 Å². The van der Waals surface area contributed by atoms with E-state index in [1.165, 1.54) is 0 Å². The molecule has 0 fully saturated rings. The smallest absolute Gasteiger partial charge is 0.128 e. The van der Waals surface area contributed by atoms with Crippen molar-refractivity contribution in [1.29, 1.82) is 0 Å². The van der Waals surface area contributed by atoms with E-state index in [1.54, 1.807) is 13.3 Å². The average Bonchev–Trinajstić information content (AvgIpc) is 2.06. The van der Waals surface area contributed by atoms with Gasteiger partial charge in [0.1, 0.15) is 5.75 Å². The van der Waals surface area contributed by atoms with Gasteiger partial charge in [0, 0.05) is 17.3 Å². The van der Waals surface area contributed by atoms with Crippen molar-refractivity contribution in [2.24, 2.45) is 0 Å². The maximum atomic E-state index is 8.91. The predicted octanol–water partition coefficient (Wildman–Crippen LogP) is 1.62. The fourth-order valence-corrected chi connectivity index (χ4v) is 1.23. The summed E-state index contributed by atoms with van der Waals surface area (Å²) in [5.41, 5.74) is 2.59. The highest BCUT2D eigenvalue weighted by molar-refractivity contribution is 5.85. The zero-order valence-corrected chi connectivity index (χ0v) is 8.81. The number of aryl methyl sites for hydroxylation is 1. The molecule has 4 heteroatoms. The van der Waals surface area contributed by atoms with Crippen molar-refractivity contribution >= 4 is 12.4 Å². The van der Waals surface area contributed by atoms with Crippen LogP contribution in [0.2, 0.25) is 0 Å². The summed E-state index contributed by atoms with van der Waals surface area (Å²) in [5.74, 6) is 0.814. The Bertz CT molecular complexity index is 289. The van der Waals surface area contributed by atoms with Gasteiger partial charge in [-0.25, -0.2) is 0 Å². The number of rotatable bonds is 2. The Hall–Kier alpha value is -0.800. The molecule has 1 rings (SSSR count). The summed E-state index contributed by atoms with van der Waals surface area (Å²) < 4.78 is 5.17. The summed E-state index contributed by atoms with van der Waals surface area (Å²) in [7, 11) is 1.62. The van der Waals surface area contributed by atoms with Crippen molar-refractivity contribution in [3.63, 3.8) is 0 Å². The van der Waals surface area contributed by atoms with E-state index in [1.807, 2.05) is 13.8 Å². The number of aliphatic hydroxyl groups is 1. The zero-order chi connectivity index (χ0) is 9.14. The van der Waals surface area contributed by atoms with E-state index in [0.717, 1.165) is 16.9 Å². The molecular formula is C9H14ClNO2. The van der Waals surface area contributed by atoms with Crippen LogP contribution >= 0.6 is 12.4 Å². The van der Waals surface area contributed by atoms with Crippen LogP contribution in [0.4, 0.5) is 0 Å². The molecule has 0 unspecified atom stereocenters. The van der Waals surface area contributed by atoms with Gasteiger partial charge in [-0.2, -0.15) is 0 Å². The lowest BCUT2D eigenvalue weighted by molar-refractivity contribution is 0.274. The second-order valence-electron chi connectivity index (χ2n) is 2.70. The molecule has 1 heterocycles. The van der Waals surface area contributed by atoms with Crippen molar-refractivity contribution < 1.29 is 9.84 Å². The molecule has 74 valence electrons. The molecule has 0 aliphatic heterocycles. The number of halogens is 1. The monoisotopic (exact) mass is 203 g/mol. The molecule has 0 amide bonds. The highest BCUT2D eigenvalue weighted by Crippen LogP contribution is 2.23. The number of hydrogen-bond acceptors (Lipinski definition) is 3. The minimum absolute atomic E-state index is 0. The molecule has 1 N–H and O–H groups in total. The van der Waals surface area contributed by atoms with E-state index in [0.29, 0.717) is 5.69 Å². The molecule has 3 nitrogen and oxygen atoms in total. The van der Waals surface area contributed by atoms with Crippen molar-refractivity contribution in [3.05, 3.63) is 23.0 Å². The first-order valence-electron chi connectivity index (χ1n) is 3.80. The Morgan fingerprint density at radius 3 is 2.54 bits per heavy atom. The van der Waals surface area contributed by atoms with Crippen LogP contribution in [0.5, 0.6) is 5.75 Å². The third-order valence-corrected chi connectivity index (χ3v) is 1.90. The molecular weight excluding hydrogens is 190 g/mol. The van der Waals surface area contributed by atoms with Gasteiger partial charge in [-0.05, 0) is 13.8 Å². The first-order valence-corrected chi connectivity index (χ1v) is 3.80. The van der Waals surface area contributed by atoms with Gasteiger partial charge in [-0.15, -0.1) is 12.4 Å². The van der Waals surface area contributed by atoms with Gasteiger partial charge in [0.05, 0.1) is 19.4 Å². The largest absolute Gasteiger partial charge is 0.496 e. The number of aliphatic hydroxyl groups excluding tert-OH is 1. The first-order chi connectivity index (χ1) is 5.70. The van der Waals surface area contributed by atoms with Crippen molar-refractivity contribution in [1.82, 2.24) is 4.98 Å². The Kier molecular flexibility index (Phi) is 4.73. The molecule has 0 bridgehead atoms. The van der Waals surface area contributed by atoms with Gasteiger partial charge in [-0.3, -0.25) is 4.98 Å². The predicted molar refractivity (Wildman–Crippen MR) is 53.4 cm³/mol. The third-order valence-electron chi connectivity index (χ3n) is 1.90. The molecule has 0 radical (unpaired) electrons. The standard InChI is InChI=1S/C9H13NO2.ClH/c1-6-4-10-8(5-11)7(2)9(6)12-3;/h4,11H,5H2,1-3H3;1H. The van der Waals surface area contributed by atoms with Crippen LogP contribution < -0.4 is 4.74 Å². The summed E-state index contributed by atoms with van der Waals surface area (Å²) in [4.78, 5) is 4.07. The van der Waals surface area contributed by atoms with Gasteiger partial charge < -0.3 is 9.84 Å². The SMILES string of the molecule is COc1c(C)cnc(CO)c1C.Cl. The summed E-state index contributed by atoms with van der Waals surface area (Å²) in [5, 5.41) is 8.91. The van der Waals surface area contributed by atoms with Crippen LogP contribution in [0, 0.1) is 13.8 Å². The summed E-state index contributed by atoms with van der Waals surface area (Å²) in [6, 6.07) is 0. The normalized spacial score (nSPS) is 9.23. The summed E-state index contributed by atoms with van der Waals surface area (Å²) in [6.07, 6.45) is 1.71. The molecule has 0 aliphatic rings. The topological polar surface area (TPSA) is 42.4 Å². The zero-order valence-electron chi connectivity index (χ0n) is 8.00. The molecule has 0 aromatic carbocycles. The van der Waals surface area contributed by atoms with E-state index in [4.69, 9.17) is 9.84 Å². The van der Waals surface area contributed by atoms with Crippen LogP contribution in [-0.2, 0) is 6.61 Å². The molecule has 0 aliphatic carbocycles. The van der Waals surface area contributed by atoms with E-state index < -0.39 is 0 Å². The van der Waals surface area contributed by atoms with E-state index in [-0.39, 0.29) is 19.0 Å². The molecule has 0 saturated carbocycles. The van der Waals surface area contributed by atoms with Crippen molar-refractivity contribution in [3.8, 4) is 5.75 Å². The number of nitrogens with zero attached hydrogens (tertiary/aromatic N) is 1. The van der Waals surface area contributed by atoms with Crippen LogP contribution in [0.25, 0.3) is 0 Å². The fourth-order valence-electron chi connectivity index (χ4n) is 1.23. The summed E-state index contributed by atoms with van der Waals surface area (Å²) in [6.45, 7) is 3.78. The van der Waals surface area contributed by atoms with Crippen LogP contribution in [0.3, 0.4) is 0 Å². The third kappa shape index (κ3) is 2.32. The van der Waals surface area contributed by atoms with Crippen molar-refractivity contribution in [2.75, 3.05) is 7.11 Å². The minimum Gasteiger partial charge on any atom is -0.496 e. The second kappa shape index (κ2) is 5.04. The lowest BCUT2D eigenvalue weighted by Crippen LogP contribution is -1.99. The Balaban J connectivity index is 0.00000144. The molecule has 1 aromatic heterocycles. The quantitative estimate of drug-likeness (QED) is 0.795.